The third kappa shape index (κ3) is 4.79. The molecule has 1 aromatic rings. The van der Waals surface area contributed by atoms with Crippen molar-refractivity contribution in [1.82, 2.24) is 15.5 Å². The molecule has 1 fully saturated rings. The summed E-state index contributed by atoms with van der Waals surface area (Å²) in [5, 5.41) is 10.5. The van der Waals surface area contributed by atoms with Crippen LogP contribution in [-0.4, -0.2) is 33.7 Å². The fourth-order valence-corrected chi connectivity index (χ4v) is 2.62. The van der Waals surface area contributed by atoms with E-state index < -0.39 is 11.7 Å². The number of carbonyl (C=O) groups excluding carboxylic acids is 2. The molecular formula is C16H23N3O3. The lowest BCUT2D eigenvalue weighted by molar-refractivity contribution is 0.0487. The maximum atomic E-state index is 12.3. The average molecular weight is 305 g/mol. The Balaban J connectivity index is 1.81. The summed E-state index contributed by atoms with van der Waals surface area (Å²) in [6, 6.07) is 3.48. The number of hydrogen-bond acceptors (Lipinski definition) is 5. The molecule has 1 aliphatic carbocycles. The van der Waals surface area contributed by atoms with E-state index in [4.69, 9.17) is 4.74 Å². The van der Waals surface area contributed by atoms with E-state index in [1.54, 1.807) is 18.3 Å². The normalized spacial score (nSPS) is 22.0. The number of amides is 1. The highest BCUT2D eigenvalue weighted by atomic mass is 16.6. The third-order valence-electron chi connectivity index (χ3n) is 3.64. The Hall–Kier alpha value is -1.98. The molecule has 1 aliphatic rings. The van der Waals surface area contributed by atoms with E-state index in [1.807, 2.05) is 20.8 Å². The van der Waals surface area contributed by atoms with Gasteiger partial charge < -0.3 is 10.1 Å². The number of ether oxygens (including phenoxy) is 1. The number of Topliss-reactive ketones (excluding diaryl/α,β-unsaturated/α-hetero) is 1. The Bertz CT molecular complexity index is 517. The first-order valence-electron chi connectivity index (χ1n) is 7.66. The zero-order valence-electron chi connectivity index (χ0n) is 13.3. The molecule has 6 heteroatoms. The van der Waals surface area contributed by atoms with E-state index in [2.05, 4.69) is 15.5 Å². The maximum absolute atomic E-state index is 12.3. The second-order valence-electron chi connectivity index (χ2n) is 6.67. The van der Waals surface area contributed by atoms with Crippen LogP contribution in [0.1, 0.15) is 56.9 Å². The van der Waals surface area contributed by atoms with Crippen LogP contribution >= 0.6 is 0 Å². The van der Waals surface area contributed by atoms with Crippen molar-refractivity contribution in [2.75, 3.05) is 0 Å². The molecule has 0 aliphatic heterocycles. The van der Waals surface area contributed by atoms with Gasteiger partial charge in [0.2, 0.25) is 0 Å². The molecule has 0 bridgehead atoms. The molecule has 0 aromatic carbocycles. The summed E-state index contributed by atoms with van der Waals surface area (Å²) in [6.07, 6.45) is 4.20. The number of alkyl carbamates (subject to hydrolysis) is 1. The Kier molecular flexibility index (Phi) is 5.11. The number of carbonyl (C=O) groups is 2. The van der Waals surface area contributed by atoms with E-state index in [9.17, 15) is 9.59 Å². The minimum Gasteiger partial charge on any atom is -0.444 e. The summed E-state index contributed by atoms with van der Waals surface area (Å²) >= 11 is 0. The van der Waals surface area contributed by atoms with Crippen LogP contribution in [0.5, 0.6) is 0 Å². The Morgan fingerprint density at radius 3 is 2.45 bits per heavy atom. The maximum Gasteiger partial charge on any atom is 0.407 e. The fourth-order valence-electron chi connectivity index (χ4n) is 2.62. The standard InChI is InChI=1S/C16H23N3O3/c1-16(2,3)22-15(21)18-12-8-6-11(7-9-12)14(20)13-5-4-10-17-19-13/h4-5,10-12H,6-9H2,1-3H3,(H,18,21)/t11-,12-. The number of aromatic nitrogens is 2. The van der Waals surface area contributed by atoms with Crippen LogP contribution in [0.2, 0.25) is 0 Å². The zero-order valence-corrected chi connectivity index (χ0v) is 13.3. The topological polar surface area (TPSA) is 81.2 Å². The smallest absolute Gasteiger partial charge is 0.407 e. The quantitative estimate of drug-likeness (QED) is 0.868. The summed E-state index contributed by atoms with van der Waals surface area (Å²) < 4.78 is 5.25. The molecule has 22 heavy (non-hydrogen) atoms. The second kappa shape index (κ2) is 6.85. The first kappa shape index (κ1) is 16.4. The fraction of sp³-hybridized carbons (Fsp3) is 0.625. The lowest BCUT2D eigenvalue weighted by atomic mass is 9.82. The van der Waals surface area contributed by atoms with Gasteiger partial charge >= 0.3 is 6.09 Å². The van der Waals surface area contributed by atoms with Gasteiger partial charge in [0, 0.05) is 18.2 Å². The summed E-state index contributed by atoms with van der Waals surface area (Å²) in [7, 11) is 0. The number of rotatable bonds is 3. The average Bonchev–Trinajstić information content (AvgIpc) is 2.46. The van der Waals surface area contributed by atoms with E-state index in [-0.39, 0.29) is 17.7 Å². The highest BCUT2D eigenvalue weighted by Gasteiger charge is 2.29. The van der Waals surface area contributed by atoms with Gasteiger partial charge in [-0.3, -0.25) is 4.79 Å². The summed E-state index contributed by atoms with van der Waals surface area (Å²) in [4.78, 5) is 24.0. The Labute approximate surface area is 130 Å². The minimum absolute atomic E-state index is 0.0339. The van der Waals surface area contributed by atoms with Crippen molar-refractivity contribution < 1.29 is 14.3 Å². The van der Waals surface area contributed by atoms with Crippen molar-refractivity contribution in [3.05, 3.63) is 24.0 Å². The monoisotopic (exact) mass is 305 g/mol. The minimum atomic E-state index is -0.497. The van der Waals surface area contributed by atoms with Crippen LogP contribution in [0.25, 0.3) is 0 Å². The summed E-state index contributed by atoms with van der Waals surface area (Å²) in [6.45, 7) is 5.51. The molecule has 0 saturated heterocycles. The molecule has 1 aromatic heterocycles. The second-order valence-corrected chi connectivity index (χ2v) is 6.67. The predicted octanol–water partition coefficient (Wildman–Crippen LogP) is 2.74. The first-order valence-corrected chi connectivity index (χ1v) is 7.66. The summed E-state index contributed by atoms with van der Waals surface area (Å²) in [5.74, 6) is 0.0113. The van der Waals surface area contributed by atoms with Crippen LogP contribution in [0.4, 0.5) is 4.79 Å². The summed E-state index contributed by atoms with van der Waals surface area (Å²) in [5.41, 5.74) is -0.0745. The van der Waals surface area contributed by atoms with Crippen molar-refractivity contribution in [1.29, 1.82) is 0 Å². The van der Waals surface area contributed by atoms with E-state index in [1.165, 1.54) is 0 Å². The number of nitrogens with one attached hydrogen (secondary N) is 1. The highest BCUT2D eigenvalue weighted by Crippen LogP contribution is 2.27. The van der Waals surface area contributed by atoms with Crippen LogP contribution in [0.3, 0.4) is 0 Å². The molecule has 0 unspecified atom stereocenters. The third-order valence-corrected chi connectivity index (χ3v) is 3.64. The Morgan fingerprint density at radius 2 is 1.91 bits per heavy atom. The van der Waals surface area contributed by atoms with Crippen LogP contribution in [0, 0.1) is 5.92 Å². The molecule has 1 amide bonds. The molecule has 2 rings (SSSR count). The van der Waals surface area contributed by atoms with Gasteiger partial charge in [-0.2, -0.15) is 5.10 Å². The molecule has 120 valence electrons. The van der Waals surface area contributed by atoms with E-state index >= 15 is 0 Å². The van der Waals surface area contributed by atoms with Crippen molar-refractivity contribution in [3.8, 4) is 0 Å². The molecule has 1 heterocycles. The molecule has 6 nitrogen and oxygen atoms in total. The van der Waals surface area contributed by atoms with Crippen molar-refractivity contribution in [2.45, 2.75) is 58.1 Å². The molecule has 0 radical (unpaired) electrons. The lowest BCUT2D eigenvalue weighted by Crippen LogP contribution is -2.41. The largest absolute Gasteiger partial charge is 0.444 e. The van der Waals surface area contributed by atoms with Gasteiger partial charge in [-0.15, -0.1) is 5.10 Å². The molecular weight excluding hydrogens is 282 g/mol. The molecule has 0 spiro atoms. The van der Waals surface area contributed by atoms with Gasteiger partial charge in [0.15, 0.2) is 5.78 Å². The van der Waals surface area contributed by atoms with E-state index in [0.717, 1.165) is 25.7 Å². The first-order chi connectivity index (χ1) is 10.3. The van der Waals surface area contributed by atoms with Gasteiger partial charge in [0.25, 0.3) is 0 Å². The molecule has 0 atom stereocenters. The van der Waals surface area contributed by atoms with Gasteiger partial charge in [0.1, 0.15) is 11.3 Å². The number of nitrogens with zero attached hydrogens (tertiary/aromatic N) is 2. The van der Waals surface area contributed by atoms with Gasteiger partial charge in [-0.05, 0) is 58.6 Å². The molecule has 1 N–H and O–H groups in total. The van der Waals surface area contributed by atoms with Crippen molar-refractivity contribution in [2.24, 2.45) is 5.92 Å². The van der Waals surface area contributed by atoms with Crippen LogP contribution in [-0.2, 0) is 4.74 Å². The zero-order chi connectivity index (χ0) is 16.2. The number of hydrogen-bond donors (Lipinski definition) is 1. The van der Waals surface area contributed by atoms with E-state index in [0.29, 0.717) is 5.69 Å². The number of ketones is 1. The predicted molar refractivity (Wildman–Crippen MR) is 81.5 cm³/mol. The lowest BCUT2D eigenvalue weighted by Gasteiger charge is -2.29. The van der Waals surface area contributed by atoms with Gasteiger partial charge in [-0.25, -0.2) is 4.79 Å². The highest BCUT2D eigenvalue weighted by molar-refractivity contribution is 5.95. The Morgan fingerprint density at radius 1 is 1.23 bits per heavy atom. The van der Waals surface area contributed by atoms with Gasteiger partial charge in [-0.1, -0.05) is 0 Å². The SMILES string of the molecule is CC(C)(C)OC(=O)N[C@H]1CC[C@H](C(=O)c2cccnn2)CC1. The van der Waals surface area contributed by atoms with Gasteiger partial charge in [0.05, 0.1) is 0 Å². The van der Waals surface area contributed by atoms with Crippen LogP contribution in [0.15, 0.2) is 18.3 Å². The van der Waals surface area contributed by atoms with Crippen molar-refractivity contribution in [3.63, 3.8) is 0 Å². The van der Waals surface area contributed by atoms with Crippen molar-refractivity contribution >= 4 is 11.9 Å². The van der Waals surface area contributed by atoms with Crippen LogP contribution < -0.4 is 5.32 Å². The molecule has 1 saturated carbocycles.